The van der Waals surface area contributed by atoms with Gasteiger partial charge in [-0.1, -0.05) is 0 Å². The molecule has 0 spiro atoms. The third-order valence-corrected chi connectivity index (χ3v) is 2.13. The summed E-state index contributed by atoms with van der Waals surface area (Å²) in [4.78, 5) is 21.1. The standard InChI is InChI=1S/C10H8F3N3O2/c1-2-18-9(17)8-15-6-3-5(10(11,12)13)4-14-7(6)16-8/h3-4H,2H2,1H3,(H,14,15,16). The zero-order valence-electron chi connectivity index (χ0n) is 9.21. The van der Waals surface area contributed by atoms with Gasteiger partial charge in [-0.3, -0.25) is 0 Å². The molecule has 2 heterocycles. The largest absolute Gasteiger partial charge is 0.460 e. The van der Waals surface area contributed by atoms with E-state index in [4.69, 9.17) is 0 Å². The van der Waals surface area contributed by atoms with Gasteiger partial charge in [-0.2, -0.15) is 13.2 Å². The van der Waals surface area contributed by atoms with Crippen LogP contribution in [-0.4, -0.2) is 27.5 Å². The molecular formula is C10H8F3N3O2. The molecule has 2 aromatic rings. The first-order valence-electron chi connectivity index (χ1n) is 5.02. The van der Waals surface area contributed by atoms with Crippen LogP contribution in [0.4, 0.5) is 13.2 Å². The van der Waals surface area contributed by atoms with Crippen LogP contribution in [0.2, 0.25) is 0 Å². The van der Waals surface area contributed by atoms with Crippen molar-refractivity contribution in [3.8, 4) is 0 Å². The highest BCUT2D eigenvalue weighted by Gasteiger charge is 2.31. The van der Waals surface area contributed by atoms with E-state index in [-0.39, 0.29) is 23.6 Å². The fourth-order valence-corrected chi connectivity index (χ4v) is 1.35. The number of pyridine rings is 1. The number of halogens is 3. The highest BCUT2D eigenvalue weighted by Crippen LogP contribution is 2.29. The molecule has 0 aromatic carbocycles. The van der Waals surface area contributed by atoms with Gasteiger partial charge >= 0.3 is 12.1 Å². The van der Waals surface area contributed by atoms with Crippen molar-refractivity contribution in [3.05, 3.63) is 23.7 Å². The molecule has 2 rings (SSSR count). The molecule has 0 aliphatic heterocycles. The van der Waals surface area contributed by atoms with E-state index in [0.717, 1.165) is 6.07 Å². The van der Waals surface area contributed by atoms with Crippen LogP contribution in [0.3, 0.4) is 0 Å². The maximum atomic E-state index is 12.4. The van der Waals surface area contributed by atoms with Gasteiger partial charge in [-0.15, -0.1) is 0 Å². The Bertz CT molecular complexity index is 592. The Morgan fingerprint density at radius 3 is 2.83 bits per heavy atom. The summed E-state index contributed by atoms with van der Waals surface area (Å²) in [6.45, 7) is 1.76. The quantitative estimate of drug-likeness (QED) is 0.839. The number of carbonyl (C=O) groups excluding carboxylic acids is 1. The number of nitrogens with zero attached hydrogens (tertiary/aromatic N) is 2. The molecule has 5 nitrogen and oxygen atoms in total. The predicted molar refractivity (Wildman–Crippen MR) is 54.8 cm³/mol. The minimum Gasteiger partial charge on any atom is -0.460 e. The van der Waals surface area contributed by atoms with Gasteiger partial charge in [0.15, 0.2) is 5.65 Å². The molecule has 0 aliphatic carbocycles. The molecule has 8 heteroatoms. The summed E-state index contributed by atoms with van der Waals surface area (Å²) < 4.78 is 42.0. The summed E-state index contributed by atoms with van der Waals surface area (Å²) in [6, 6.07) is 0.845. The first-order valence-corrected chi connectivity index (χ1v) is 5.02. The number of aromatic amines is 1. The van der Waals surface area contributed by atoms with Gasteiger partial charge in [0, 0.05) is 6.20 Å². The van der Waals surface area contributed by atoms with Crippen molar-refractivity contribution < 1.29 is 22.7 Å². The maximum absolute atomic E-state index is 12.4. The first kappa shape index (κ1) is 12.3. The molecule has 0 radical (unpaired) electrons. The van der Waals surface area contributed by atoms with Crippen LogP contribution in [0, 0.1) is 0 Å². The second-order valence-electron chi connectivity index (χ2n) is 3.40. The van der Waals surface area contributed by atoms with Gasteiger partial charge in [0.05, 0.1) is 17.7 Å². The Morgan fingerprint density at radius 1 is 1.50 bits per heavy atom. The molecule has 0 saturated carbocycles. The highest BCUT2D eigenvalue weighted by atomic mass is 19.4. The van der Waals surface area contributed by atoms with Crippen LogP contribution in [0.5, 0.6) is 0 Å². The molecule has 18 heavy (non-hydrogen) atoms. The van der Waals surface area contributed by atoms with Crippen LogP contribution in [0.1, 0.15) is 23.1 Å². The number of carbonyl (C=O) groups is 1. The van der Waals surface area contributed by atoms with Crippen molar-refractivity contribution in [2.45, 2.75) is 13.1 Å². The molecule has 1 N–H and O–H groups in total. The van der Waals surface area contributed by atoms with Crippen molar-refractivity contribution in [1.82, 2.24) is 15.0 Å². The molecule has 96 valence electrons. The topological polar surface area (TPSA) is 67.9 Å². The van der Waals surface area contributed by atoms with E-state index in [1.54, 1.807) is 6.92 Å². The summed E-state index contributed by atoms with van der Waals surface area (Å²) in [6.07, 6.45) is -3.82. The normalized spacial score (nSPS) is 11.8. The molecular weight excluding hydrogens is 251 g/mol. The SMILES string of the molecule is CCOC(=O)c1nc2ncc(C(F)(F)F)cc2[nH]1. The van der Waals surface area contributed by atoms with E-state index >= 15 is 0 Å². The number of fused-ring (bicyclic) bond motifs is 1. The molecule has 0 unspecified atom stereocenters. The number of hydrogen-bond acceptors (Lipinski definition) is 4. The summed E-state index contributed by atoms with van der Waals surface area (Å²) >= 11 is 0. The maximum Gasteiger partial charge on any atom is 0.417 e. The number of rotatable bonds is 2. The molecule has 0 amide bonds. The van der Waals surface area contributed by atoms with Crippen molar-refractivity contribution in [1.29, 1.82) is 0 Å². The Morgan fingerprint density at radius 2 is 2.22 bits per heavy atom. The minimum absolute atomic E-state index is 0.0334. The average molecular weight is 259 g/mol. The second kappa shape index (κ2) is 4.28. The number of alkyl halides is 3. The van der Waals surface area contributed by atoms with Crippen molar-refractivity contribution >= 4 is 17.1 Å². The van der Waals surface area contributed by atoms with Crippen LogP contribution >= 0.6 is 0 Å². The lowest BCUT2D eigenvalue weighted by Gasteiger charge is -2.04. The number of ether oxygens (including phenoxy) is 1. The van der Waals surface area contributed by atoms with E-state index in [2.05, 4.69) is 19.7 Å². The lowest BCUT2D eigenvalue weighted by molar-refractivity contribution is -0.137. The van der Waals surface area contributed by atoms with Gasteiger partial charge in [0.25, 0.3) is 0 Å². The Balaban J connectivity index is 2.43. The Kier molecular flexibility index (Phi) is 2.93. The third kappa shape index (κ3) is 2.27. The smallest absolute Gasteiger partial charge is 0.417 e. The van der Waals surface area contributed by atoms with Crippen molar-refractivity contribution in [2.75, 3.05) is 6.61 Å². The summed E-state index contributed by atoms with van der Waals surface area (Å²) in [5, 5.41) is 0. The average Bonchev–Trinajstić information content (AvgIpc) is 2.70. The van der Waals surface area contributed by atoms with Crippen LogP contribution in [0.25, 0.3) is 11.2 Å². The fraction of sp³-hybridized carbons (Fsp3) is 0.300. The number of esters is 1. The van der Waals surface area contributed by atoms with Crippen LogP contribution in [0.15, 0.2) is 12.3 Å². The van der Waals surface area contributed by atoms with Crippen LogP contribution < -0.4 is 0 Å². The molecule has 2 aromatic heterocycles. The van der Waals surface area contributed by atoms with Gasteiger partial charge in [0.1, 0.15) is 0 Å². The number of nitrogens with one attached hydrogen (secondary N) is 1. The fourth-order valence-electron chi connectivity index (χ4n) is 1.35. The first-order chi connectivity index (χ1) is 8.41. The van der Waals surface area contributed by atoms with E-state index in [9.17, 15) is 18.0 Å². The minimum atomic E-state index is -4.49. The van der Waals surface area contributed by atoms with E-state index < -0.39 is 17.7 Å². The van der Waals surface area contributed by atoms with Gasteiger partial charge in [-0.05, 0) is 13.0 Å². The van der Waals surface area contributed by atoms with Crippen molar-refractivity contribution in [2.24, 2.45) is 0 Å². The Labute approximate surface area is 99.0 Å². The molecule has 0 atom stereocenters. The number of H-pyrrole nitrogens is 1. The zero-order chi connectivity index (χ0) is 13.3. The van der Waals surface area contributed by atoms with Crippen molar-refractivity contribution in [3.63, 3.8) is 0 Å². The van der Waals surface area contributed by atoms with Gasteiger partial charge in [0.2, 0.25) is 5.82 Å². The molecule has 0 saturated heterocycles. The summed E-state index contributed by atoms with van der Waals surface area (Å²) in [7, 11) is 0. The number of aromatic nitrogens is 3. The number of imidazole rings is 1. The summed E-state index contributed by atoms with van der Waals surface area (Å²) in [5.41, 5.74) is -0.840. The van der Waals surface area contributed by atoms with Gasteiger partial charge in [-0.25, -0.2) is 14.8 Å². The number of hydrogen-bond donors (Lipinski definition) is 1. The third-order valence-electron chi connectivity index (χ3n) is 2.13. The molecule has 0 bridgehead atoms. The highest BCUT2D eigenvalue weighted by molar-refractivity contribution is 5.89. The summed E-state index contributed by atoms with van der Waals surface area (Å²) in [5.74, 6) is -0.900. The second-order valence-corrected chi connectivity index (χ2v) is 3.40. The van der Waals surface area contributed by atoms with E-state index in [0.29, 0.717) is 6.20 Å². The lowest BCUT2D eigenvalue weighted by Crippen LogP contribution is -2.06. The molecule has 0 aliphatic rings. The lowest BCUT2D eigenvalue weighted by atomic mass is 10.2. The Hall–Kier alpha value is -2.12. The molecule has 0 fully saturated rings. The van der Waals surface area contributed by atoms with Crippen LogP contribution in [-0.2, 0) is 10.9 Å². The predicted octanol–water partition coefficient (Wildman–Crippen LogP) is 2.15. The van der Waals surface area contributed by atoms with E-state index in [1.165, 1.54) is 0 Å². The zero-order valence-corrected chi connectivity index (χ0v) is 9.21. The monoisotopic (exact) mass is 259 g/mol. The van der Waals surface area contributed by atoms with E-state index in [1.807, 2.05) is 0 Å². The van der Waals surface area contributed by atoms with Gasteiger partial charge < -0.3 is 9.72 Å².